The topological polar surface area (TPSA) is 84.9 Å². The number of carbonyl (C=O) groups is 3. The minimum atomic E-state index is -0.426. The van der Waals surface area contributed by atoms with Crippen molar-refractivity contribution in [3.63, 3.8) is 0 Å². The zero-order valence-corrected chi connectivity index (χ0v) is 20.5. The zero-order chi connectivity index (χ0) is 24.8. The number of nitrogens with one attached hydrogen (secondary N) is 1. The lowest BCUT2D eigenvalue weighted by Gasteiger charge is -2.30. The molecule has 1 fully saturated rings. The third kappa shape index (κ3) is 6.02. The average Bonchev–Trinajstić information content (AvgIpc) is 2.89. The molecule has 1 heterocycles. The first-order valence-electron chi connectivity index (χ1n) is 12.5. The Morgan fingerprint density at radius 3 is 2.66 bits per heavy atom. The predicted octanol–water partition coefficient (Wildman–Crippen LogP) is 5.33. The smallest absolute Gasteiger partial charge is 0.337 e. The molecular weight excluding hydrogens is 444 g/mol. The Morgan fingerprint density at radius 2 is 1.91 bits per heavy atom. The fraction of sp³-hybridized carbons (Fsp3) is 0.464. The molecule has 1 N–H and O–H groups in total. The average molecular weight is 479 g/mol. The Labute approximate surface area is 206 Å². The van der Waals surface area contributed by atoms with Gasteiger partial charge in [-0.2, -0.15) is 0 Å². The molecule has 2 aliphatic rings. The number of ether oxygens (including phenoxy) is 2. The molecule has 2 aromatic rings. The van der Waals surface area contributed by atoms with Crippen molar-refractivity contribution in [2.45, 2.75) is 58.4 Å². The number of hydrogen-bond donors (Lipinski definition) is 1. The van der Waals surface area contributed by atoms with Crippen LogP contribution in [0.1, 0.15) is 67.8 Å². The SMILES string of the molecule is CCCCC1CCC(C(=O)Nc2ccc3c(c2)N(Cc2cccc(C(=O)OC)c2)C(=O)CO3)CC1. The highest BCUT2D eigenvalue weighted by Gasteiger charge is 2.28. The molecule has 7 heteroatoms. The van der Waals surface area contributed by atoms with Gasteiger partial charge in [-0.15, -0.1) is 0 Å². The van der Waals surface area contributed by atoms with E-state index in [0.29, 0.717) is 22.7 Å². The molecule has 1 aliphatic heterocycles. The van der Waals surface area contributed by atoms with Crippen LogP contribution in [-0.2, 0) is 20.9 Å². The monoisotopic (exact) mass is 478 g/mol. The van der Waals surface area contributed by atoms with Crippen molar-refractivity contribution >= 4 is 29.2 Å². The third-order valence-corrected chi connectivity index (χ3v) is 7.04. The van der Waals surface area contributed by atoms with Crippen molar-refractivity contribution < 1.29 is 23.9 Å². The van der Waals surface area contributed by atoms with Crippen molar-refractivity contribution in [1.82, 2.24) is 0 Å². The number of rotatable bonds is 8. The Morgan fingerprint density at radius 1 is 1.11 bits per heavy atom. The van der Waals surface area contributed by atoms with E-state index in [1.165, 1.54) is 26.4 Å². The quantitative estimate of drug-likeness (QED) is 0.518. The Kier molecular flexibility index (Phi) is 8.06. The van der Waals surface area contributed by atoms with Gasteiger partial charge < -0.3 is 19.7 Å². The second-order valence-electron chi connectivity index (χ2n) is 9.49. The summed E-state index contributed by atoms with van der Waals surface area (Å²) in [6.45, 7) is 2.44. The molecule has 2 aromatic carbocycles. The van der Waals surface area contributed by atoms with E-state index in [1.54, 1.807) is 35.2 Å². The molecule has 0 spiro atoms. The number of carbonyl (C=O) groups excluding carboxylic acids is 3. The lowest BCUT2D eigenvalue weighted by molar-refractivity contribution is -0.121. The van der Waals surface area contributed by atoms with Crippen LogP contribution >= 0.6 is 0 Å². The molecule has 0 atom stereocenters. The van der Waals surface area contributed by atoms with Gasteiger partial charge in [0.05, 0.1) is 24.9 Å². The van der Waals surface area contributed by atoms with Gasteiger partial charge in [-0.25, -0.2) is 4.79 Å². The summed E-state index contributed by atoms with van der Waals surface area (Å²) in [6.07, 6.45) is 7.83. The van der Waals surface area contributed by atoms with Gasteiger partial charge in [0, 0.05) is 11.6 Å². The second kappa shape index (κ2) is 11.4. The molecule has 7 nitrogen and oxygen atoms in total. The van der Waals surface area contributed by atoms with Gasteiger partial charge in [-0.05, 0) is 67.5 Å². The van der Waals surface area contributed by atoms with Gasteiger partial charge in [0.1, 0.15) is 5.75 Å². The minimum absolute atomic E-state index is 0.0268. The summed E-state index contributed by atoms with van der Waals surface area (Å²) in [6, 6.07) is 12.4. The standard InChI is InChI=1S/C28H34N2O5/c1-3-4-6-19-9-11-21(12-10-19)27(32)29-23-13-14-25-24(16-23)30(26(31)18-35-25)17-20-7-5-8-22(15-20)28(33)34-2/h5,7-8,13-16,19,21H,3-4,6,9-12,17-18H2,1-2H3,(H,29,32). The first-order chi connectivity index (χ1) is 17.0. The molecule has 0 unspecified atom stereocenters. The molecular formula is C28H34N2O5. The van der Waals surface area contributed by atoms with Crippen molar-refractivity contribution in [1.29, 1.82) is 0 Å². The van der Waals surface area contributed by atoms with Gasteiger partial charge in [0.15, 0.2) is 6.61 Å². The van der Waals surface area contributed by atoms with Crippen LogP contribution in [0.4, 0.5) is 11.4 Å². The highest BCUT2D eigenvalue weighted by Crippen LogP contribution is 2.37. The summed E-state index contributed by atoms with van der Waals surface area (Å²) in [5.74, 6) is 0.790. The Balaban J connectivity index is 1.45. The summed E-state index contributed by atoms with van der Waals surface area (Å²) < 4.78 is 10.4. The molecule has 0 bridgehead atoms. The highest BCUT2D eigenvalue weighted by molar-refractivity contribution is 6.00. The van der Waals surface area contributed by atoms with E-state index in [4.69, 9.17) is 9.47 Å². The maximum absolute atomic E-state index is 13.0. The Bertz CT molecular complexity index is 1070. The number of esters is 1. The first kappa shape index (κ1) is 24.8. The van der Waals surface area contributed by atoms with E-state index < -0.39 is 5.97 Å². The zero-order valence-electron chi connectivity index (χ0n) is 20.5. The molecule has 1 saturated carbocycles. The van der Waals surface area contributed by atoms with Crippen molar-refractivity contribution in [2.24, 2.45) is 11.8 Å². The lowest BCUT2D eigenvalue weighted by atomic mass is 9.79. The van der Waals surface area contributed by atoms with Crippen LogP contribution in [-0.4, -0.2) is 31.5 Å². The molecule has 1 aliphatic carbocycles. The van der Waals surface area contributed by atoms with Gasteiger partial charge >= 0.3 is 5.97 Å². The number of benzene rings is 2. The number of unbranched alkanes of at least 4 members (excludes halogenated alkanes) is 1. The summed E-state index contributed by atoms with van der Waals surface area (Å²) in [5.41, 5.74) is 2.47. The molecule has 0 saturated heterocycles. The van der Waals surface area contributed by atoms with Crippen molar-refractivity contribution in [2.75, 3.05) is 23.9 Å². The van der Waals surface area contributed by atoms with Crippen LogP contribution in [0.5, 0.6) is 5.75 Å². The molecule has 186 valence electrons. The largest absolute Gasteiger partial charge is 0.482 e. The molecule has 0 radical (unpaired) electrons. The molecule has 0 aromatic heterocycles. The number of hydrogen-bond acceptors (Lipinski definition) is 5. The van der Waals surface area contributed by atoms with Gasteiger partial charge in [0.2, 0.25) is 5.91 Å². The fourth-order valence-electron chi connectivity index (χ4n) is 5.00. The number of fused-ring (bicyclic) bond motifs is 1. The molecule has 4 rings (SSSR count). The third-order valence-electron chi connectivity index (χ3n) is 7.04. The maximum Gasteiger partial charge on any atom is 0.337 e. The van der Waals surface area contributed by atoms with E-state index >= 15 is 0 Å². The van der Waals surface area contributed by atoms with E-state index in [2.05, 4.69) is 12.2 Å². The van der Waals surface area contributed by atoms with Crippen LogP contribution in [0.2, 0.25) is 0 Å². The van der Waals surface area contributed by atoms with Crippen LogP contribution in [0.25, 0.3) is 0 Å². The predicted molar refractivity (Wildman–Crippen MR) is 135 cm³/mol. The second-order valence-corrected chi connectivity index (χ2v) is 9.49. The maximum atomic E-state index is 13.0. The van der Waals surface area contributed by atoms with Crippen molar-refractivity contribution in [3.05, 3.63) is 53.6 Å². The van der Waals surface area contributed by atoms with E-state index in [1.807, 2.05) is 12.1 Å². The van der Waals surface area contributed by atoms with Crippen LogP contribution in [0, 0.1) is 11.8 Å². The molecule has 35 heavy (non-hydrogen) atoms. The van der Waals surface area contributed by atoms with Crippen LogP contribution < -0.4 is 15.0 Å². The van der Waals surface area contributed by atoms with E-state index in [0.717, 1.165) is 37.2 Å². The van der Waals surface area contributed by atoms with Crippen molar-refractivity contribution in [3.8, 4) is 5.75 Å². The van der Waals surface area contributed by atoms with Gasteiger partial charge in [-0.1, -0.05) is 38.3 Å². The van der Waals surface area contributed by atoms with Crippen LogP contribution in [0.15, 0.2) is 42.5 Å². The highest BCUT2D eigenvalue weighted by atomic mass is 16.5. The number of amides is 2. The number of methoxy groups -OCH3 is 1. The number of anilines is 2. The summed E-state index contributed by atoms with van der Waals surface area (Å²) >= 11 is 0. The fourth-order valence-corrected chi connectivity index (χ4v) is 5.00. The summed E-state index contributed by atoms with van der Waals surface area (Å²) in [7, 11) is 1.34. The Hall–Kier alpha value is -3.35. The van der Waals surface area contributed by atoms with E-state index in [-0.39, 0.29) is 30.9 Å². The van der Waals surface area contributed by atoms with E-state index in [9.17, 15) is 14.4 Å². The lowest BCUT2D eigenvalue weighted by Crippen LogP contribution is -2.38. The first-order valence-corrected chi connectivity index (χ1v) is 12.5. The van der Waals surface area contributed by atoms with Crippen LogP contribution in [0.3, 0.4) is 0 Å². The number of nitrogens with zero attached hydrogens (tertiary/aromatic N) is 1. The van der Waals surface area contributed by atoms with Gasteiger partial charge in [-0.3, -0.25) is 9.59 Å². The summed E-state index contributed by atoms with van der Waals surface area (Å²) in [4.78, 5) is 39.2. The normalized spacial score (nSPS) is 19.5. The molecule has 2 amide bonds. The minimum Gasteiger partial charge on any atom is -0.482 e. The summed E-state index contributed by atoms with van der Waals surface area (Å²) in [5, 5.41) is 3.06. The van der Waals surface area contributed by atoms with Gasteiger partial charge in [0.25, 0.3) is 5.91 Å².